The number of carbonyl (C=O) groups excluding carboxylic acids is 1. The molecule has 1 atom stereocenters. The average Bonchev–Trinajstić information content (AvgIpc) is 3.74. The molecule has 0 radical (unpaired) electrons. The van der Waals surface area contributed by atoms with Crippen molar-refractivity contribution in [1.29, 1.82) is 0 Å². The molecule has 8 bridgehead atoms. The lowest BCUT2D eigenvalue weighted by molar-refractivity contribution is -0.125. The lowest BCUT2D eigenvalue weighted by atomic mass is 9.80. The molecular formula is C29H35N7O4S. The van der Waals surface area contributed by atoms with Gasteiger partial charge in [-0.05, 0) is 74.3 Å². The van der Waals surface area contributed by atoms with Crippen molar-refractivity contribution in [1.82, 2.24) is 20.5 Å². The lowest BCUT2D eigenvalue weighted by Crippen LogP contribution is -2.48. The monoisotopic (exact) mass is 577 g/mol. The van der Waals surface area contributed by atoms with Crippen LogP contribution >= 0.6 is 0 Å². The topological polar surface area (TPSA) is 134 Å². The molecule has 1 aliphatic carbocycles. The van der Waals surface area contributed by atoms with Crippen LogP contribution in [0.3, 0.4) is 0 Å². The molecule has 2 aromatic heterocycles. The van der Waals surface area contributed by atoms with Crippen molar-refractivity contribution < 1.29 is 17.6 Å². The van der Waals surface area contributed by atoms with E-state index in [4.69, 9.17) is 4.42 Å². The third kappa shape index (κ3) is 5.25. The predicted octanol–water partition coefficient (Wildman–Crippen LogP) is 3.66. The molecular weight excluding hydrogens is 542 g/mol. The van der Waals surface area contributed by atoms with Crippen LogP contribution in [0, 0.1) is 11.3 Å². The van der Waals surface area contributed by atoms with Crippen LogP contribution in [-0.2, 0) is 14.8 Å². The van der Waals surface area contributed by atoms with Crippen LogP contribution in [0.5, 0.6) is 0 Å². The fourth-order valence-corrected chi connectivity index (χ4v) is 7.52. The van der Waals surface area contributed by atoms with Crippen LogP contribution in [-0.4, -0.2) is 67.5 Å². The highest BCUT2D eigenvalue weighted by Crippen LogP contribution is 2.40. The Balaban J connectivity index is 1.28. The Kier molecular flexibility index (Phi) is 6.40. The molecule has 41 heavy (non-hydrogen) atoms. The molecule has 1 saturated carbocycles. The van der Waals surface area contributed by atoms with E-state index in [0.29, 0.717) is 43.4 Å². The first-order chi connectivity index (χ1) is 19.8. The molecule has 1 unspecified atom stereocenters. The highest BCUT2D eigenvalue weighted by molar-refractivity contribution is 7.93. The maximum absolute atomic E-state index is 13.3. The average molecular weight is 578 g/mol. The van der Waals surface area contributed by atoms with Crippen molar-refractivity contribution in [3.8, 4) is 22.9 Å². The molecule has 2 N–H and O–H groups in total. The van der Waals surface area contributed by atoms with Gasteiger partial charge in [0.1, 0.15) is 5.82 Å². The quantitative estimate of drug-likeness (QED) is 0.478. The Morgan fingerprint density at radius 2 is 1.83 bits per heavy atom. The number of hydrogen-bond donors (Lipinski definition) is 2. The van der Waals surface area contributed by atoms with Gasteiger partial charge in [0.15, 0.2) is 0 Å². The van der Waals surface area contributed by atoms with Crippen molar-refractivity contribution in [2.75, 3.05) is 47.2 Å². The molecule has 3 aromatic rings. The van der Waals surface area contributed by atoms with Gasteiger partial charge in [-0.25, -0.2) is 13.4 Å². The van der Waals surface area contributed by atoms with Crippen LogP contribution in [0.4, 0.5) is 17.2 Å². The minimum Gasteiger partial charge on any atom is -0.416 e. The van der Waals surface area contributed by atoms with E-state index in [0.717, 1.165) is 67.9 Å². The van der Waals surface area contributed by atoms with E-state index in [1.807, 2.05) is 24.3 Å². The van der Waals surface area contributed by atoms with E-state index in [1.165, 1.54) is 0 Å². The second-order valence-corrected chi connectivity index (χ2v) is 14.2. The first kappa shape index (κ1) is 26.2. The third-order valence-corrected chi connectivity index (χ3v) is 10.9. The van der Waals surface area contributed by atoms with Gasteiger partial charge < -0.3 is 19.5 Å². The van der Waals surface area contributed by atoms with Crippen LogP contribution in [0.15, 0.2) is 40.9 Å². The summed E-state index contributed by atoms with van der Waals surface area (Å²) in [4.78, 5) is 22.3. The predicted molar refractivity (Wildman–Crippen MR) is 156 cm³/mol. The zero-order valence-corrected chi connectivity index (χ0v) is 24.0. The van der Waals surface area contributed by atoms with Gasteiger partial charge >= 0.3 is 0 Å². The van der Waals surface area contributed by atoms with Gasteiger partial charge in [-0.2, -0.15) is 0 Å². The molecule has 12 heteroatoms. The third-order valence-electron chi connectivity index (χ3n) is 8.99. The molecule has 3 fully saturated rings. The van der Waals surface area contributed by atoms with Gasteiger partial charge in [0, 0.05) is 44.5 Å². The minimum atomic E-state index is -3.41. The lowest BCUT2D eigenvalue weighted by Gasteiger charge is -2.41. The van der Waals surface area contributed by atoms with Crippen LogP contribution < -0.4 is 19.8 Å². The first-order valence-electron chi connectivity index (χ1n) is 14.5. The summed E-state index contributed by atoms with van der Waals surface area (Å²) in [5.41, 5.74) is 2.84. The molecule has 11 nitrogen and oxygen atoms in total. The molecule has 1 amide bonds. The molecule has 4 aliphatic heterocycles. The summed E-state index contributed by atoms with van der Waals surface area (Å²) in [6, 6.07) is 9.27. The van der Waals surface area contributed by atoms with E-state index < -0.39 is 10.0 Å². The van der Waals surface area contributed by atoms with Gasteiger partial charge in [-0.3, -0.25) is 9.52 Å². The Morgan fingerprint density at radius 3 is 2.63 bits per heavy atom. The Morgan fingerprint density at radius 1 is 1.02 bits per heavy atom. The summed E-state index contributed by atoms with van der Waals surface area (Å²) in [5.74, 6) is 1.56. The SMILES string of the molecule is CC12CCN(CC1)c1cc(NS(=O)(=O)C3CC3)ccc1-c1nnc(o1)-c1ccnc(c1)N1CCCC(C1)C(=O)NC2. The maximum Gasteiger partial charge on any atom is 0.250 e. The van der Waals surface area contributed by atoms with Crippen molar-refractivity contribution in [2.24, 2.45) is 11.3 Å². The van der Waals surface area contributed by atoms with Gasteiger partial charge in [-0.1, -0.05) is 6.92 Å². The number of hydrogen-bond acceptors (Lipinski definition) is 9. The molecule has 2 saturated heterocycles. The number of anilines is 3. The van der Waals surface area contributed by atoms with Gasteiger partial charge in [-0.15, -0.1) is 10.2 Å². The number of rotatable bonds is 3. The van der Waals surface area contributed by atoms with Crippen molar-refractivity contribution in [2.45, 2.75) is 50.7 Å². The molecule has 6 heterocycles. The summed E-state index contributed by atoms with van der Waals surface area (Å²) in [6.07, 6.45) is 6.67. The molecule has 5 aliphatic rings. The molecule has 1 aromatic carbocycles. The normalized spacial score (nSPS) is 24.7. The van der Waals surface area contributed by atoms with Crippen LogP contribution in [0.2, 0.25) is 0 Å². The number of piperidine rings is 2. The number of sulfonamides is 1. The van der Waals surface area contributed by atoms with Crippen LogP contribution in [0.1, 0.15) is 45.4 Å². The zero-order valence-electron chi connectivity index (χ0n) is 23.2. The fourth-order valence-electron chi connectivity index (χ4n) is 6.14. The molecule has 216 valence electrons. The number of amides is 1. The largest absolute Gasteiger partial charge is 0.416 e. The summed E-state index contributed by atoms with van der Waals surface area (Å²) in [6.45, 7) is 5.83. The summed E-state index contributed by atoms with van der Waals surface area (Å²) >= 11 is 0. The number of nitrogens with one attached hydrogen (secondary N) is 2. The molecule has 8 rings (SSSR count). The van der Waals surface area contributed by atoms with Gasteiger partial charge in [0.2, 0.25) is 27.7 Å². The maximum atomic E-state index is 13.3. The number of nitrogens with zero attached hydrogens (tertiary/aromatic N) is 5. The molecule has 0 spiro atoms. The Labute approximate surface area is 239 Å². The van der Waals surface area contributed by atoms with E-state index >= 15 is 0 Å². The highest BCUT2D eigenvalue weighted by Gasteiger charge is 2.37. The minimum absolute atomic E-state index is 0.0369. The second-order valence-electron chi connectivity index (χ2n) is 12.2. The van der Waals surface area contributed by atoms with Crippen molar-refractivity contribution >= 4 is 33.1 Å². The summed E-state index contributed by atoms with van der Waals surface area (Å²) in [7, 11) is -3.41. The number of aromatic nitrogens is 3. The fraction of sp³-hybridized carbons (Fsp3) is 0.517. The summed E-state index contributed by atoms with van der Waals surface area (Å²) in [5, 5.41) is 11.7. The number of fused-ring (bicyclic) bond motifs is 4. The van der Waals surface area contributed by atoms with Crippen LogP contribution in [0.25, 0.3) is 22.9 Å². The zero-order chi connectivity index (χ0) is 28.2. The van der Waals surface area contributed by atoms with E-state index in [-0.39, 0.29) is 22.5 Å². The highest BCUT2D eigenvalue weighted by atomic mass is 32.2. The number of pyridine rings is 1. The standard InChI is InChI=1S/C29H35N7O4S/c1-29-9-13-35(14-10-29)24-16-21(34-41(38,39)22-5-6-22)4-7-23(24)28-33-32-27(40-28)19-8-11-30-25(15-19)36-12-2-3-20(17-36)26(37)31-18-29/h4,7-8,11,15-16,20,22,34H,2-3,5-6,9-10,12-14,17-18H2,1H3,(H,31,37). The number of carbonyl (C=O) groups is 1. The van der Waals surface area contributed by atoms with Crippen molar-refractivity contribution in [3.63, 3.8) is 0 Å². The Bertz CT molecular complexity index is 1580. The smallest absolute Gasteiger partial charge is 0.250 e. The summed E-state index contributed by atoms with van der Waals surface area (Å²) < 4.78 is 34.4. The van der Waals surface area contributed by atoms with E-state index in [1.54, 1.807) is 12.3 Å². The van der Waals surface area contributed by atoms with E-state index in [2.05, 4.69) is 41.9 Å². The van der Waals surface area contributed by atoms with Gasteiger partial charge in [0.05, 0.1) is 28.1 Å². The second kappa shape index (κ2) is 10.0. The van der Waals surface area contributed by atoms with Crippen molar-refractivity contribution in [3.05, 3.63) is 36.5 Å². The van der Waals surface area contributed by atoms with E-state index in [9.17, 15) is 13.2 Å². The number of benzene rings is 1. The Hall–Kier alpha value is -3.67. The first-order valence-corrected chi connectivity index (χ1v) is 16.0. The van der Waals surface area contributed by atoms with Gasteiger partial charge in [0.25, 0.3) is 0 Å².